The average Bonchev–Trinajstić information content (AvgIpc) is 2.55. The van der Waals surface area contributed by atoms with E-state index in [-0.39, 0.29) is 12.3 Å². The first kappa shape index (κ1) is 9.48. The van der Waals surface area contributed by atoms with Gasteiger partial charge in [-0.25, -0.2) is 4.79 Å². The SMILES string of the molecule is COC(=O)[C@@H](C)OC1CCCO1. The molecule has 0 saturated carbocycles. The predicted molar refractivity (Wildman–Crippen MR) is 41.5 cm³/mol. The van der Waals surface area contributed by atoms with Gasteiger partial charge in [-0.05, 0) is 13.3 Å². The van der Waals surface area contributed by atoms with E-state index >= 15 is 0 Å². The Morgan fingerprint density at radius 2 is 2.42 bits per heavy atom. The first-order valence-corrected chi connectivity index (χ1v) is 4.09. The molecule has 1 aliphatic rings. The molecule has 4 nitrogen and oxygen atoms in total. The lowest BCUT2D eigenvalue weighted by Crippen LogP contribution is -2.27. The fraction of sp³-hybridized carbons (Fsp3) is 0.875. The van der Waals surface area contributed by atoms with Crippen molar-refractivity contribution in [1.82, 2.24) is 0 Å². The maximum atomic E-state index is 10.9. The van der Waals surface area contributed by atoms with E-state index in [0.717, 1.165) is 19.4 Å². The maximum absolute atomic E-state index is 10.9. The molecule has 0 aliphatic carbocycles. The topological polar surface area (TPSA) is 44.8 Å². The Morgan fingerprint density at radius 3 is 2.92 bits per heavy atom. The van der Waals surface area contributed by atoms with Gasteiger partial charge in [0.15, 0.2) is 12.4 Å². The van der Waals surface area contributed by atoms with Crippen LogP contribution < -0.4 is 0 Å². The molecule has 1 heterocycles. The molecule has 1 unspecified atom stereocenters. The molecule has 1 fully saturated rings. The number of rotatable bonds is 3. The number of hydrogen-bond donors (Lipinski definition) is 0. The van der Waals surface area contributed by atoms with E-state index in [9.17, 15) is 4.79 Å². The van der Waals surface area contributed by atoms with Gasteiger partial charge in [0, 0.05) is 13.0 Å². The smallest absolute Gasteiger partial charge is 0.334 e. The first-order valence-electron chi connectivity index (χ1n) is 4.09. The molecule has 0 aromatic carbocycles. The number of methoxy groups -OCH3 is 1. The van der Waals surface area contributed by atoms with Crippen molar-refractivity contribution in [2.75, 3.05) is 13.7 Å². The third-order valence-electron chi connectivity index (χ3n) is 1.78. The van der Waals surface area contributed by atoms with E-state index in [1.54, 1.807) is 6.92 Å². The minimum Gasteiger partial charge on any atom is -0.467 e. The number of hydrogen-bond acceptors (Lipinski definition) is 4. The highest BCUT2D eigenvalue weighted by Gasteiger charge is 2.22. The van der Waals surface area contributed by atoms with Crippen molar-refractivity contribution in [2.24, 2.45) is 0 Å². The summed E-state index contributed by atoms with van der Waals surface area (Å²) in [5.41, 5.74) is 0. The third kappa shape index (κ3) is 2.46. The van der Waals surface area contributed by atoms with E-state index in [1.165, 1.54) is 7.11 Å². The van der Waals surface area contributed by atoms with Crippen molar-refractivity contribution >= 4 is 5.97 Å². The van der Waals surface area contributed by atoms with Gasteiger partial charge in [0.2, 0.25) is 0 Å². The van der Waals surface area contributed by atoms with E-state index < -0.39 is 6.10 Å². The summed E-state index contributed by atoms with van der Waals surface area (Å²) in [6.07, 6.45) is 1.11. The van der Waals surface area contributed by atoms with Crippen LogP contribution in [-0.4, -0.2) is 32.1 Å². The largest absolute Gasteiger partial charge is 0.467 e. The van der Waals surface area contributed by atoms with Gasteiger partial charge in [-0.1, -0.05) is 0 Å². The van der Waals surface area contributed by atoms with Gasteiger partial charge >= 0.3 is 5.97 Å². The summed E-state index contributed by atoms with van der Waals surface area (Å²) in [6.45, 7) is 2.38. The van der Waals surface area contributed by atoms with Crippen molar-refractivity contribution < 1.29 is 19.0 Å². The second kappa shape index (κ2) is 4.42. The number of esters is 1. The molecule has 0 radical (unpaired) electrons. The van der Waals surface area contributed by atoms with E-state index in [1.807, 2.05) is 0 Å². The summed E-state index contributed by atoms with van der Waals surface area (Å²) in [5, 5.41) is 0. The maximum Gasteiger partial charge on any atom is 0.334 e. The van der Waals surface area contributed by atoms with Crippen LogP contribution in [-0.2, 0) is 19.0 Å². The van der Waals surface area contributed by atoms with Crippen molar-refractivity contribution in [1.29, 1.82) is 0 Å². The van der Waals surface area contributed by atoms with Crippen LogP contribution in [0.25, 0.3) is 0 Å². The van der Waals surface area contributed by atoms with E-state index in [4.69, 9.17) is 9.47 Å². The molecular formula is C8H14O4. The zero-order chi connectivity index (χ0) is 8.97. The van der Waals surface area contributed by atoms with Crippen LogP contribution in [0.2, 0.25) is 0 Å². The van der Waals surface area contributed by atoms with Gasteiger partial charge in [0.1, 0.15) is 0 Å². The van der Waals surface area contributed by atoms with Crippen LogP contribution in [0.5, 0.6) is 0 Å². The molecule has 0 spiro atoms. The summed E-state index contributed by atoms with van der Waals surface area (Å²) in [5.74, 6) is -0.356. The van der Waals surface area contributed by atoms with Crippen LogP contribution in [0.15, 0.2) is 0 Å². The highest BCUT2D eigenvalue weighted by Crippen LogP contribution is 2.15. The van der Waals surface area contributed by atoms with Crippen molar-refractivity contribution in [3.8, 4) is 0 Å². The fourth-order valence-electron chi connectivity index (χ4n) is 1.10. The van der Waals surface area contributed by atoms with Gasteiger partial charge in [-0.3, -0.25) is 0 Å². The zero-order valence-corrected chi connectivity index (χ0v) is 7.41. The van der Waals surface area contributed by atoms with Crippen molar-refractivity contribution in [2.45, 2.75) is 32.2 Å². The lowest BCUT2D eigenvalue weighted by Gasteiger charge is -2.15. The predicted octanol–water partition coefficient (Wildman–Crippen LogP) is 0.701. The normalized spacial score (nSPS) is 25.3. The molecule has 0 aromatic heterocycles. The van der Waals surface area contributed by atoms with E-state index in [2.05, 4.69) is 4.74 Å². The van der Waals surface area contributed by atoms with Crippen molar-refractivity contribution in [3.63, 3.8) is 0 Å². The highest BCUT2D eigenvalue weighted by atomic mass is 16.7. The van der Waals surface area contributed by atoms with Gasteiger partial charge in [0.05, 0.1) is 7.11 Å². The summed E-state index contributed by atoms with van der Waals surface area (Å²) in [4.78, 5) is 10.9. The molecule has 0 aromatic rings. The second-order valence-electron chi connectivity index (χ2n) is 2.74. The Morgan fingerprint density at radius 1 is 1.67 bits per heavy atom. The zero-order valence-electron chi connectivity index (χ0n) is 7.41. The summed E-state index contributed by atoms with van der Waals surface area (Å²) in [7, 11) is 1.34. The Hall–Kier alpha value is -0.610. The van der Waals surface area contributed by atoms with Gasteiger partial charge in [0.25, 0.3) is 0 Å². The minimum atomic E-state index is -0.530. The number of ether oxygens (including phenoxy) is 3. The van der Waals surface area contributed by atoms with Crippen LogP contribution in [0.1, 0.15) is 19.8 Å². The van der Waals surface area contributed by atoms with Gasteiger partial charge in [-0.2, -0.15) is 0 Å². The molecule has 1 rings (SSSR count). The van der Waals surface area contributed by atoms with Crippen molar-refractivity contribution in [3.05, 3.63) is 0 Å². The molecule has 70 valence electrons. The summed E-state index contributed by atoms with van der Waals surface area (Å²) in [6, 6.07) is 0. The first-order chi connectivity index (χ1) is 5.74. The Balaban J connectivity index is 2.24. The molecule has 0 N–H and O–H groups in total. The molecule has 1 aliphatic heterocycles. The Labute approximate surface area is 71.8 Å². The highest BCUT2D eigenvalue weighted by molar-refractivity contribution is 5.73. The van der Waals surface area contributed by atoms with Crippen LogP contribution in [0.3, 0.4) is 0 Å². The third-order valence-corrected chi connectivity index (χ3v) is 1.78. The Kier molecular flexibility index (Phi) is 3.49. The summed E-state index contributed by atoms with van der Waals surface area (Å²) < 4.78 is 15.0. The van der Waals surface area contributed by atoms with E-state index in [0.29, 0.717) is 0 Å². The number of carbonyl (C=O) groups excluding carboxylic acids is 1. The molecule has 0 bridgehead atoms. The number of carbonyl (C=O) groups is 1. The molecule has 1 saturated heterocycles. The molecule has 2 atom stereocenters. The quantitative estimate of drug-likeness (QED) is 0.591. The lowest BCUT2D eigenvalue weighted by molar-refractivity contribution is -0.177. The van der Waals surface area contributed by atoms with Gasteiger partial charge in [-0.15, -0.1) is 0 Å². The standard InChI is InChI=1S/C8H14O4/c1-6(8(9)10-2)12-7-4-3-5-11-7/h6-7H,3-5H2,1-2H3/t6-,7?/m1/s1. The average molecular weight is 174 g/mol. The minimum absolute atomic E-state index is 0.223. The van der Waals surface area contributed by atoms with Crippen LogP contribution in [0.4, 0.5) is 0 Å². The fourth-order valence-corrected chi connectivity index (χ4v) is 1.10. The molecule has 0 amide bonds. The molecule has 12 heavy (non-hydrogen) atoms. The van der Waals surface area contributed by atoms with Gasteiger partial charge < -0.3 is 14.2 Å². The monoisotopic (exact) mass is 174 g/mol. The second-order valence-corrected chi connectivity index (χ2v) is 2.74. The lowest BCUT2D eigenvalue weighted by atomic mass is 10.3. The summed E-state index contributed by atoms with van der Waals surface area (Å²) >= 11 is 0. The molecular weight excluding hydrogens is 160 g/mol. The molecule has 4 heteroatoms. The van der Waals surface area contributed by atoms with Crippen LogP contribution in [0, 0.1) is 0 Å². The Bertz CT molecular complexity index is 151. The van der Waals surface area contributed by atoms with Crippen LogP contribution >= 0.6 is 0 Å².